The molecule has 1 unspecified atom stereocenters. The first-order valence-electron chi connectivity index (χ1n) is 7.16. The van der Waals surface area contributed by atoms with Crippen LogP contribution in [0, 0.1) is 6.92 Å². The average Bonchev–Trinajstić information content (AvgIpc) is 2.91. The molecule has 0 bridgehead atoms. The molecular weight excluding hydrogens is 264 g/mol. The zero-order chi connectivity index (χ0) is 14.5. The van der Waals surface area contributed by atoms with Gasteiger partial charge in [0.25, 0.3) is 0 Å². The van der Waals surface area contributed by atoms with Crippen molar-refractivity contribution in [2.45, 2.75) is 32.7 Å². The van der Waals surface area contributed by atoms with Gasteiger partial charge in [-0.25, -0.2) is 0 Å². The Morgan fingerprint density at radius 1 is 1.30 bits per heavy atom. The molecule has 3 heteroatoms. The summed E-state index contributed by atoms with van der Waals surface area (Å²) in [4.78, 5) is 3.82. The van der Waals surface area contributed by atoms with Crippen LogP contribution >= 0.6 is 11.3 Å². The maximum atomic E-state index is 5.75. The maximum Gasteiger partial charge on any atom is 0.0399 e. The van der Waals surface area contributed by atoms with Crippen molar-refractivity contribution in [3.8, 4) is 0 Å². The van der Waals surface area contributed by atoms with Gasteiger partial charge in [-0.2, -0.15) is 0 Å². The third kappa shape index (κ3) is 3.62. The highest BCUT2D eigenvalue weighted by Crippen LogP contribution is 2.25. The fraction of sp³-hybridized carbons (Fsp3) is 0.412. The quantitative estimate of drug-likeness (QED) is 0.879. The molecule has 108 valence electrons. The van der Waals surface area contributed by atoms with Gasteiger partial charge in [-0.15, -0.1) is 11.3 Å². The molecule has 2 N–H and O–H groups in total. The van der Waals surface area contributed by atoms with Crippen molar-refractivity contribution < 1.29 is 0 Å². The van der Waals surface area contributed by atoms with E-state index in [1.165, 1.54) is 21.7 Å². The second-order valence-corrected chi connectivity index (χ2v) is 6.45. The van der Waals surface area contributed by atoms with Crippen LogP contribution in [-0.2, 0) is 12.8 Å². The van der Waals surface area contributed by atoms with Gasteiger partial charge in [0.15, 0.2) is 0 Å². The molecule has 0 aliphatic carbocycles. The number of anilines is 1. The van der Waals surface area contributed by atoms with Crippen LogP contribution < -0.4 is 10.6 Å². The molecule has 0 saturated heterocycles. The van der Waals surface area contributed by atoms with Gasteiger partial charge in [0.2, 0.25) is 0 Å². The van der Waals surface area contributed by atoms with E-state index in [2.05, 4.69) is 61.5 Å². The monoisotopic (exact) mass is 288 g/mol. The Morgan fingerprint density at radius 2 is 2.10 bits per heavy atom. The van der Waals surface area contributed by atoms with E-state index in [1.54, 1.807) is 0 Å². The molecule has 2 aromatic rings. The van der Waals surface area contributed by atoms with Gasteiger partial charge in [0.05, 0.1) is 0 Å². The summed E-state index contributed by atoms with van der Waals surface area (Å²) in [5.74, 6) is 0. The molecule has 20 heavy (non-hydrogen) atoms. The van der Waals surface area contributed by atoms with Crippen molar-refractivity contribution in [1.29, 1.82) is 0 Å². The first-order valence-corrected chi connectivity index (χ1v) is 8.04. The number of hydrogen-bond donors (Lipinski definition) is 1. The van der Waals surface area contributed by atoms with Crippen molar-refractivity contribution >= 4 is 17.0 Å². The number of aryl methyl sites for hydroxylation is 1. The zero-order valence-electron chi connectivity index (χ0n) is 12.6. The Morgan fingerprint density at radius 3 is 2.75 bits per heavy atom. The van der Waals surface area contributed by atoms with Crippen LogP contribution in [-0.4, -0.2) is 19.6 Å². The first kappa shape index (κ1) is 15.1. The molecule has 0 fully saturated rings. The fourth-order valence-electron chi connectivity index (χ4n) is 2.51. The summed E-state index contributed by atoms with van der Waals surface area (Å²) in [6.45, 7) is 5.12. The number of benzene rings is 1. The van der Waals surface area contributed by atoms with E-state index >= 15 is 0 Å². The summed E-state index contributed by atoms with van der Waals surface area (Å²) in [6, 6.07) is 11.5. The van der Waals surface area contributed by atoms with Gasteiger partial charge in [0.1, 0.15) is 0 Å². The van der Waals surface area contributed by atoms with Crippen molar-refractivity contribution in [3.63, 3.8) is 0 Å². The lowest BCUT2D eigenvalue weighted by Gasteiger charge is -2.29. The summed E-state index contributed by atoms with van der Waals surface area (Å²) in [7, 11) is 2.18. The zero-order valence-corrected chi connectivity index (χ0v) is 13.4. The van der Waals surface area contributed by atoms with E-state index in [9.17, 15) is 0 Å². The van der Waals surface area contributed by atoms with Crippen LogP contribution in [0.15, 0.2) is 35.7 Å². The molecular formula is C17H24N2S. The number of likely N-dealkylation sites (N-methyl/N-ethyl adjacent to an activating group) is 1. The maximum absolute atomic E-state index is 5.75. The standard InChI is InChI=1S/C17H24N2S/c1-13-6-7-17(15(11-13)8-9-18)19(3)14(2)12-16-5-4-10-20-16/h4-7,10-11,14H,8-9,12,18H2,1-3H3. The molecule has 1 heterocycles. The Labute approximate surface area is 126 Å². The van der Waals surface area contributed by atoms with Crippen molar-refractivity contribution in [1.82, 2.24) is 0 Å². The van der Waals surface area contributed by atoms with Crippen LogP contribution in [0.25, 0.3) is 0 Å². The fourth-order valence-corrected chi connectivity index (χ4v) is 3.33. The molecule has 1 aromatic carbocycles. The molecule has 1 aromatic heterocycles. The van der Waals surface area contributed by atoms with Crippen molar-refractivity contribution in [3.05, 3.63) is 51.7 Å². The van der Waals surface area contributed by atoms with Crippen LogP contribution in [0.1, 0.15) is 22.9 Å². The van der Waals surface area contributed by atoms with Gasteiger partial charge in [-0.3, -0.25) is 0 Å². The van der Waals surface area contributed by atoms with Crippen LogP contribution in [0.5, 0.6) is 0 Å². The predicted octanol–water partition coefficient (Wildman–Crippen LogP) is 3.63. The summed E-state index contributed by atoms with van der Waals surface area (Å²) >= 11 is 1.83. The Bertz CT molecular complexity index is 534. The highest BCUT2D eigenvalue weighted by Gasteiger charge is 2.14. The second kappa shape index (κ2) is 6.91. The van der Waals surface area contributed by atoms with Gasteiger partial charge in [-0.1, -0.05) is 23.8 Å². The minimum atomic E-state index is 0.480. The summed E-state index contributed by atoms with van der Waals surface area (Å²) in [6.07, 6.45) is 2.02. The average molecular weight is 288 g/mol. The summed E-state index contributed by atoms with van der Waals surface area (Å²) in [5, 5.41) is 2.15. The SMILES string of the molecule is Cc1ccc(N(C)C(C)Cc2cccs2)c(CCN)c1. The third-order valence-corrected chi connectivity index (χ3v) is 4.67. The smallest absolute Gasteiger partial charge is 0.0399 e. The number of rotatable bonds is 6. The normalized spacial score (nSPS) is 12.4. The lowest BCUT2D eigenvalue weighted by molar-refractivity contribution is 0.684. The molecule has 0 saturated carbocycles. The number of nitrogens with two attached hydrogens (primary N) is 1. The van der Waals surface area contributed by atoms with E-state index in [0.717, 1.165) is 12.8 Å². The lowest BCUT2D eigenvalue weighted by atomic mass is 10.0. The molecule has 0 aliphatic heterocycles. The topological polar surface area (TPSA) is 29.3 Å². The van der Waals surface area contributed by atoms with Gasteiger partial charge < -0.3 is 10.6 Å². The van der Waals surface area contributed by atoms with E-state index in [0.29, 0.717) is 12.6 Å². The van der Waals surface area contributed by atoms with Crippen LogP contribution in [0.2, 0.25) is 0 Å². The molecule has 2 rings (SSSR count). The molecule has 1 atom stereocenters. The van der Waals surface area contributed by atoms with Crippen LogP contribution in [0.3, 0.4) is 0 Å². The Balaban J connectivity index is 2.17. The largest absolute Gasteiger partial charge is 0.371 e. The molecule has 0 aliphatic rings. The van der Waals surface area contributed by atoms with E-state index in [-0.39, 0.29) is 0 Å². The Hall–Kier alpha value is -1.32. The van der Waals surface area contributed by atoms with Crippen LogP contribution in [0.4, 0.5) is 5.69 Å². The van der Waals surface area contributed by atoms with E-state index in [1.807, 2.05) is 11.3 Å². The number of nitrogens with zero attached hydrogens (tertiary/aromatic N) is 1. The van der Waals surface area contributed by atoms with Gasteiger partial charge in [-0.05, 0) is 49.9 Å². The van der Waals surface area contributed by atoms with Gasteiger partial charge in [0, 0.05) is 30.1 Å². The van der Waals surface area contributed by atoms with Crippen molar-refractivity contribution in [2.24, 2.45) is 5.73 Å². The minimum absolute atomic E-state index is 0.480. The summed E-state index contributed by atoms with van der Waals surface area (Å²) in [5.41, 5.74) is 9.72. The van der Waals surface area contributed by atoms with E-state index in [4.69, 9.17) is 5.73 Å². The molecule has 2 nitrogen and oxygen atoms in total. The highest BCUT2D eigenvalue weighted by atomic mass is 32.1. The minimum Gasteiger partial charge on any atom is -0.371 e. The Kier molecular flexibility index (Phi) is 5.21. The summed E-state index contributed by atoms with van der Waals surface area (Å²) < 4.78 is 0. The van der Waals surface area contributed by atoms with E-state index < -0.39 is 0 Å². The predicted molar refractivity (Wildman–Crippen MR) is 89.8 cm³/mol. The molecule has 0 amide bonds. The molecule has 0 radical (unpaired) electrons. The van der Waals surface area contributed by atoms with Crippen molar-refractivity contribution in [2.75, 3.05) is 18.5 Å². The highest BCUT2D eigenvalue weighted by molar-refractivity contribution is 7.09. The second-order valence-electron chi connectivity index (χ2n) is 5.41. The number of thiophene rings is 1. The first-order chi connectivity index (χ1) is 9.61. The lowest BCUT2D eigenvalue weighted by Crippen LogP contribution is -2.31. The molecule has 0 spiro atoms. The third-order valence-electron chi connectivity index (χ3n) is 3.77. The number of hydrogen-bond acceptors (Lipinski definition) is 3. The van der Waals surface area contributed by atoms with Gasteiger partial charge >= 0.3 is 0 Å².